The lowest BCUT2D eigenvalue weighted by Crippen LogP contribution is -2.53. The summed E-state index contributed by atoms with van der Waals surface area (Å²) in [5.74, 6) is 0.442. The van der Waals surface area contributed by atoms with Gasteiger partial charge in [-0.05, 0) is 30.9 Å². The second-order valence-electron chi connectivity index (χ2n) is 8.81. The average Bonchev–Trinajstić information content (AvgIpc) is 2.77. The molecule has 1 aromatic carbocycles. The lowest BCUT2D eigenvalue weighted by Gasteiger charge is -2.45. The van der Waals surface area contributed by atoms with Crippen LogP contribution in [0.1, 0.15) is 37.2 Å². The number of rotatable bonds is 3. The maximum Gasteiger partial charge on any atom is 0.274 e. The van der Waals surface area contributed by atoms with Crippen LogP contribution >= 0.6 is 0 Å². The van der Waals surface area contributed by atoms with Crippen LogP contribution < -0.4 is 4.74 Å². The Balaban J connectivity index is 1.59. The number of benzene rings is 1. The third kappa shape index (κ3) is 4.43. The van der Waals surface area contributed by atoms with Crippen molar-refractivity contribution in [2.24, 2.45) is 11.3 Å². The van der Waals surface area contributed by atoms with Crippen LogP contribution in [0.4, 0.5) is 0 Å². The van der Waals surface area contributed by atoms with Crippen molar-refractivity contribution in [2.75, 3.05) is 32.8 Å². The number of piperidine rings is 1. The van der Waals surface area contributed by atoms with E-state index in [4.69, 9.17) is 4.74 Å². The van der Waals surface area contributed by atoms with Gasteiger partial charge in [0.1, 0.15) is 16.3 Å². The van der Waals surface area contributed by atoms with Gasteiger partial charge in [0.15, 0.2) is 0 Å². The molecule has 1 amide bonds. The highest BCUT2D eigenvalue weighted by Gasteiger charge is 2.43. The molecule has 0 unspecified atom stereocenters. The van der Waals surface area contributed by atoms with Gasteiger partial charge in [0.25, 0.3) is 5.91 Å². The van der Waals surface area contributed by atoms with E-state index in [1.807, 2.05) is 13.8 Å². The topological polar surface area (TPSA) is 92.7 Å². The number of ether oxygens (including phenoxy) is 1. The van der Waals surface area contributed by atoms with Crippen molar-refractivity contribution in [3.63, 3.8) is 0 Å². The summed E-state index contributed by atoms with van der Waals surface area (Å²) in [5.41, 5.74) is -0.0282. The number of amides is 1. The molecule has 2 aliphatic heterocycles. The van der Waals surface area contributed by atoms with E-state index in [0.29, 0.717) is 57.1 Å². The van der Waals surface area contributed by atoms with E-state index in [1.165, 1.54) is 18.6 Å². The third-order valence-corrected chi connectivity index (χ3v) is 7.83. The van der Waals surface area contributed by atoms with E-state index in [0.717, 1.165) is 0 Å². The molecule has 9 heteroatoms. The van der Waals surface area contributed by atoms with Gasteiger partial charge in [-0.15, -0.1) is 0 Å². The van der Waals surface area contributed by atoms with Gasteiger partial charge in [-0.25, -0.2) is 13.4 Å². The van der Waals surface area contributed by atoms with Crippen LogP contribution in [0.3, 0.4) is 0 Å². The second kappa shape index (κ2) is 8.55. The molecule has 0 atom stereocenters. The molecule has 0 saturated carbocycles. The molecule has 0 radical (unpaired) electrons. The average molecular weight is 445 g/mol. The summed E-state index contributed by atoms with van der Waals surface area (Å²) in [4.78, 5) is 22.8. The van der Waals surface area contributed by atoms with Crippen LogP contribution in [0, 0.1) is 11.3 Å². The molecule has 4 rings (SSSR count). The molecule has 0 bridgehead atoms. The van der Waals surface area contributed by atoms with Gasteiger partial charge in [-0.3, -0.25) is 9.78 Å². The summed E-state index contributed by atoms with van der Waals surface area (Å²) in [6.45, 7) is 6.33. The lowest BCUT2D eigenvalue weighted by molar-refractivity contribution is 0.0287. The largest absolute Gasteiger partial charge is 0.492 e. The molecule has 1 aromatic heterocycles. The van der Waals surface area contributed by atoms with E-state index < -0.39 is 10.0 Å². The number of likely N-dealkylation sites (tertiary alicyclic amines) is 1. The second-order valence-corrected chi connectivity index (χ2v) is 10.7. The Morgan fingerprint density at radius 2 is 1.94 bits per heavy atom. The monoisotopic (exact) mass is 444 g/mol. The first kappa shape index (κ1) is 21.7. The van der Waals surface area contributed by atoms with Crippen molar-refractivity contribution >= 4 is 15.9 Å². The van der Waals surface area contributed by atoms with Crippen molar-refractivity contribution in [1.82, 2.24) is 19.2 Å². The predicted molar refractivity (Wildman–Crippen MR) is 115 cm³/mol. The van der Waals surface area contributed by atoms with Crippen LogP contribution in [0.5, 0.6) is 5.75 Å². The van der Waals surface area contributed by atoms with Gasteiger partial charge in [0.05, 0.1) is 12.8 Å². The molecule has 0 aliphatic carbocycles. The Morgan fingerprint density at radius 1 is 1.19 bits per heavy atom. The zero-order chi connectivity index (χ0) is 22.1. The SMILES string of the molecule is CC(C)CN1CC2(CCN(C(=O)c3cnccn3)CC2)COc2ccccc2S1(=O)=O. The number of sulfonamides is 1. The predicted octanol–water partition coefficient (Wildman–Crippen LogP) is 2.44. The molecule has 0 N–H and O–H groups in total. The molecule has 3 heterocycles. The number of hydrogen-bond acceptors (Lipinski definition) is 6. The summed E-state index contributed by atoms with van der Waals surface area (Å²) in [6.07, 6.45) is 5.83. The first-order valence-corrected chi connectivity index (χ1v) is 12.0. The Hall–Kier alpha value is -2.52. The number of fused-ring (bicyclic) bond motifs is 1. The number of nitrogens with zero attached hydrogens (tertiary/aromatic N) is 4. The minimum atomic E-state index is -3.68. The van der Waals surface area contributed by atoms with Crippen molar-refractivity contribution in [3.8, 4) is 5.75 Å². The molecule has 2 aliphatic rings. The number of carbonyl (C=O) groups is 1. The Labute approximate surface area is 183 Å². The highest BCUT2D eigenvalue weighted by atomic mass is 32.2. The number of para-hydroxylation sites is 1. The zero-order valence-corrected chi connectivity index (χ0v) is 18.7. The van der Waals surface area contributed by atoms with Crippen LogP contribution in [-0.2, 0) is 10.0 Å². The maximum atomic E-state index is 13.5. The van der Waals surface area contributed by atoms with E-state index in [2.05, 4.69) is 9.97 Å². The highest BCUT2D eigenvalue weighted by molar-refractivity contribution is 7.89. The van der Waals surface area contributed by atoms with Gasteiger partial charge >= 0.3 is 0 Å². The molecule has 1 saturated heterocycles. The molecular formula is C22H28N4O4S. The molecule has 31 heavy (non-hydrogen) atoms. The van der Waals surface area contributed by atoms with Crippen molar-refractivity contribution < 1.29 is 17.9 Å². The van der Waals surface area contributed by atoms with E-state index in [9.17, 15) is 13.2 Å². The normalized spacial score (nSPS) is 20.5. The van der Waals surface area contributed by atoms with Crippen LogP contribution in [-0.4, -0.2) is 66.3 Å². The highest BCUT2D eigenvalue weighted by Crippen LogP contribution is 2.39. The number of hydrogen-bond donors (Lipinski definition) is 0. The fourth-order valence-electron chi connectivity index (χ4n) is 4.29. The maximum absolute atomic E-state index is 13.5. The van der Waals surface area contributed by atoms with Crippen molar-refractivity contribution in [3.05, 3.63) is 48.5 Å². The smallest absolute Gasteiger partial charge is 0.274 e. The summed E-state index contributed by atoms with van der Waals surface area (Å²) in [5, 5.41) is 0. The molecule has 8 nitrogen and oxygen atoms in total. The van der Waals surface area contributed by atoms with Gasteiger partial charge < -0.3 is 9.64 Å². The Kier molecular flexibility index (Phi) is 5.98. The van der Waals surface area contributed by atoms with Gasteiger partial charge in [-0.1, -0.05) is 26.0 Å². The Morgan fingerprint density at radius 3 is 2.61 bits per heavy atom. The minimum absolute atomic E-state index is 0.147. The number of aromatic nitrogens is 2. The standard InChI is InChI=1S/C22H28N4O4S/c1-17(2)14-26-15-22(16-30-19-5-3-4-6-20(19)31(26,28)29)7-11-25(12-8-22)21(27)18-13-23-9-10-24-18/h3-6,9-10,13,17H,7-8,11-12,14-16H2,1-2H3. The molecule has 166 valence electrons. The summed E-state index contributed by atoms with van der Waals surface area (Å²) >= 11 is 0. The first-order chi connectivity index (χ1) is 14.8. The zero-order valence-electron chi connectivity index (χ0n) is 17.9. The summed E-state index contributed by atoms with van der Waals surface area (Å²) in [7, 11) is -3.68. The Bertz CT molecular complexity index is 1030. The molecular weight excluding hydrogens is 416 g/mol. The fourth-order valence-corrected chi connectivity index (χ4v) is 6.13. The van der Waals surface area contributed by atoms with Crippen molar-refractivity contribution in [1.29, 1.82) is 0 Å². The summed E-state index contributed by atoms with van der Waals surface area (Å²) < 4.78 is 34.6. The van der Waals surface area contributed by atoms with Gasteiger partial charge in [-0.2, -0.15) is 4.31 Å². The van der Waals surface area contributed by atoms with Crippen LogP contribution in [0.25, 0.3) is 0 Å². The molecule has 1 fully saturated rings. The van der Waals surface area contributed by atoms with Crippen molar-refractivity contribution in [2.45, 2.75) is 31.6 Å². The quantitative estimate of drug-likeness (QED) is 0.722. The van der Waals surface area contributed by atoms with E-state index in [1.54, 1.807) is 33.5 Å². The molecule has 1 spiro atoms. The first-order valence-electron chi connectivity index (χ1n) is 10.6. The minimum Gasteiger partial charge on any atom is -0.492 e. The van der Waals surface area contributed by atoms with E-state index in [-0.39, 0.29) is 22.1 Å². The van der Waals surface area contributed by atoms with E-state index >= 15 is 0 Å². The van der Waals surface area contributed by atoms with Crippen LogP contribution in [0.2, 0.25) is 0 Å². The summed E-state index contributed by atoms with van der Waals surface area (Å²) in [6, 6.07) is 6.84. The van der Waals surface area contributed by atoms with Gasteiger partial charge in [0.2, 0.25) is 10.0 Å². The fraction of sp³-hybridized carbons (Fsp3) is 0.500. The van der Waals surface area contributed by atoms with Gasteiger partial charge in [0, 0.05) is 44.0 Å². The third-order valence-electron chi connectivity index (χ3n) is 5.97. The lowest BCUT2D eigenvalue weighted by atomic mass is 9.78. The molecule has 2 aromatic rings. The number of carbonyl (C=O) groups excluding carboxylic acids is 1. The van der Waals surface area contributed by atoms with Crippen LogP contribution in [0.15, 0.2) is 47.8 Å².